The lowest BCUT2D eigenvalue weighted by Gasteiger charge is -2.21. The first-order valence-electron chi connectivity index (χ1n) is 24.8. The zero-order valence-electron chi connectivity index (χ0n) is 43.8. The molecule has 0 bridgehead atoms. The third-order valence-corrected chi connectivity index (χ3v) is 9.83. The van der Waals surface area contributed by atoms with Crippen LogP contribution < -0.4 is 9.30 Å². The topological polar surface area (TPSA) is 35.9 Å². The molecule has 0 fully saturated rings. The van der Waals surface area contributed by atoms with Crippen LogP contribution >= 0.6 is 0 Å². The van der Waals surface area contributed by atoms with E-state index in [0.717, 1.165) is 27.3 Å². The van der Waals surface area contributed by atoms with E-state index in [9.17, 15) is 2.74 Å². The van der Waals surface area contributed by atoms with Gasteiger partial charge in [-0.05, 0) is 82.6 Å². The Labute approximate surface area is 355 Å². The van der Waals surface area contributed by atoms with Gasteiger partial charge in [0.05, 0.1) is 47.1 Å². The SMILES string of the molecule is [2H]c1c([2H])c([2H])c(-c2ccccc2-[n+]2[c-]n(-c3cccc(Oc4ccc5c6ccccc6n(-c6cc(C([2H])([2H])C(C)(C)C)c(-c7c([2H])c([2H])c([2H])c([2H])c7[2H])cn6)c5c4)c3)c3ccccc32)c([2H])c1[2H]. The van der Waals surface area contributed by atoms with E-state index in [4.69, 9.17) is 23.4 Å². The molecule has 0 saturated carbocycles. The maximum atomic E-state index is 9.48. The molecule has 280 valence electrons. The molecule has 0 atom stereocenters. The number of hydrogen-bond donors (Lipinski definition) is 0. The van der Waals surface area contributed by atoms with E-state index < -0.39 is 60.1 Å². The van der Waals surface area contributed by atoms with Gasteiger partial charge in [0, 0.05) is 31.3 Å². The molecule has 10 aromatic rings. The zero-order chi connectivity index (χ0) is 49.7. The summed E-state index contributed by atoms with van der Waals surface area (Å²) >= 11 is 0. The quantitative estimate of drug-likeness (QED) is 0.114. The highest BCUT2D eigenvalue weighted by molar-refractivity contribution is 6.09. The summed E-state index contributed by atoms with van der Waals surface area (Å²) in [7, 11) is 0. The average molecular weight is 763 g/mol. The van der Waals surface area contributed by atoms with Crippen molar-refractivity contribution in [3.8, 4) is 50.9 Å². The molecule has 3 heterocycles. The number of fused-ring (bicyclic) bond motifs is 4. The summed E-state index contributed by atoms with van der Waals surface area (Å²) < 4.78 is 116. The predicted octanol–water partition coefficient (Wildman–Crippen LogP) is 12.9. The van der Waals surface area contributed by atoms with Crippen LogP contribution in [0.1, 0.15) is 42.8 Å². The summed E-state index contributed by atoms with van der Waals surface area (Å²) in [5.41, 5.74) is 3.88. The maximum absolute atomic E-state index is 9.48. The second-order valence-electron chi connectivity index (χ2n) is 14.9. The molecule has 0 aliphatic heterocycles. The molecule has 0 N–H and O–H groups in total. The minimum absolute atomic E-state index is 0.0816. The number of ether oxygens (including phenoxy) is 1. The number of aromatic nitrogens is 4. The van der Waals surface area contributed by atoms with Crippen LogP contribution in [0.5, 0.6) is 11.5 Å². The molecule has 7 aromatic carbocycles. The van der Waals surface area contributed by atoms with Crippen molar-refractivity contribution in [2.24, 2.45) is 5.41 Å². The number of para-hydroxylation sites is 4. The maximum Gasteiger partial charge on any atom is 0.269 e. The highest BCUT2D eigenvalue weighted by atomic mass is 16.5. The lowest BCUT2D eigenvalue weighted by molar-refractivity contribution is -0.571. The summed E-state index contributed by atoms with van der Waals surface area (Å²) in [5, 5.41) is 1.77. The number of nitrogens with zero attached hydrogens (tertiary/aromatic N) is 4. The number of imidazole rings is 1. The van der Waals surface area contributed by atoms with Crippen LogP contribution in [-0.2, 0) is 6.37 Å². The van der Waals surface area contributed by atoms with E-state index in [-0.39, 0.29) is 34.3 Å². The van der Waals surface area contributed by atoms with Gasteiger partial charge in [-0.15, -0.1) is 0 Å². The molecule has 5 heteroatoms. The van der Waals surface area contributed by atoms with Gasteiger partial charge < -0.3 is 4.74 Å². The van der Waals surface area contributed by atoms with Gasteiger partial charge in [-0.2, -0.15) is 0 Å². The molecule has 3 aromatic heterocycles. The monoisotopic (exact) mass is 762 g/mol. The summed E-state index contributed by atoms with van der Waals surface area (Å²) in [6.45, 7) is 5.25. The fourth-order valence-electron chi connectivity index (χ4n) is 7.44. The molecular formula is C53H42N4O. The van der Waals surface area contributed by atoms with E-state index in [0.29, 0.717) is 39.8 Å². The summed E-state index contributed by atoms with van der Waals surface area (Å²) in [5.74, 6) is 1.33. The van der Waals surface area contributed by atoms with Crippen LogP contribution in [-0.4, -0.2) is 14.1 Å². The van der Waals surface area contributed by atoms with Gasteiger partial charge in [0.25, 0.3) is 6.33 Å². The van der Waals surface area contributed by atoms with Gasteiger partial charge in [-0.3, -0.25) is 13.7 Å². The van der Waals surface area contributed by atoms with E-state index >= 15 is 0 Å². The molecule has 0 radical (unpaired) electrons. The smallest absolute Gasteiger partial charge is 0.269 e. The number of benzene rings is 7. The molecule has 10 rings (SSSR count). The van der Waals surface area contributed by atoms with Crippen molar-refractivity contribution in [1.82, 2.24) is 14.1 Å². The lowest BCUT2D eigenvalue weighted by atomic mass is 9.85. The van der Waals surface area contributed by atoms with Crippen molar-refractivity contribution in [2.45, 2.75) is 27.1 Å². The molecule has 58 heavy (non-hydrogen) atoms. The Hall–Kier alpha value is -7.24. The molecule has 0 amide bonds. The van der Waals surface area contributed by atoms with Crippen molar-refractivity contribution < 1.29 is 25.8 Å². The standard InChI is InChI=1S/C53H42N4O/c1-53(2,3)34-39-31-52(54-35-46(39)38-19-8-5-9-20-38)57-48-26-13-11-24-44(48)45-30-29-42(33-51(45)57)58-41-22-16-21-40(32-41)55-36-56(50-28-15-14-27-49(50)55)47-25-12-10-23-43(47)37-17-6-4-7-18-37/h4-33,35H,34H2,1-3H3/i4D,5D,6D,7D,8D,9D,17D,18D,19D,20D,34D2. The van der Waals surface area contributed by atoms with Crippen molar-refractivity contribution in [3.05, 3.63) is 200 Å². The van der Waals surface area contributed by atoms with Gasteiger partial charge in [-0.25, -0.2) is 4.98 Å². The first kappa shape index (κ1) is 24.4. The molecule has 5 nitrogen and oxygen atoms in total. The first-order chi connectivity index (χ1) is 33.3. The van der Waals surface area contributed by atoms with Crippen LogP contribution in [0.2, 0.25) is 0 Å². The van der Waals surface area contributed by atoms with Crippen molar-refractivity contribution >= 4 is 32.8 Å². The Bertz CT molecular complexity index is 3740. The number of rotatable bonds is 8. The van der Waals surface area contributed by atoms with Crippen molar-refractivity contribution in [3.63, 3.8) is 0 Å². The fourth-order valence-corrected chi connectivity index (χ4v) is 7.44. The summed E-state index contributed by atoms with van der Waals surface area (Å²) in [6, 6.07) is 32.9. The van der Waals surface area contributed by atoms with E-state index in [1.165, 1.54) is 6.20 Å². The average Bonchev–Trinajstić information content (AvgIpc) is 3.90. The van der Waals surface area contributed by atoms with Crippen LogP contribution in [0.15, 0.2) is 188 Å². The molecule has 0 unspecified atom stereocenters. The van der Waals surface area contributed by atoms with E-state index in [1.807, 2.05) is 117 Å². The Morgan fingerprint density at radius 1 is 0.655 bits per heavy atom. The molecule has 0 saturated heterocycles. The van der Waals surface area contributed by atoms with E-state index in [2.05, 4.69) is 6.33 Å². The Kier molecular flexibility index (Phi) is 6.04. The zero-order valence-corrected chi connectivity index (χ0v) is 31.8. The minimum atomic E-state index is -2.07. The molecule has 0 aliphatic rings. The number of pyridine rings is 1. The summed E-state index contributed by atoms with van der Waals surface area (Å²) in [4.78, 5) is 4.84. The fraction of sp³-hybridized carbons (Fsp3) is 0.0943. The Balaban J connectivity index is 1.08. The second-order valence-corrected chi connectivity index (χ2v) is 14.9. The van der Waals surface area contributed by atoms with Crippen LogP contribution in [0.3, 0.4) is 0 Å². The third-order valence-electron chi connectivity index (χ3n) is 9.83. The van der Waals surface area contributed by atoms with Gasteiger partial charge >= 0.3 is 0 Å². The van der Waals surface area contributed by atoms with Crippen LogP contribution in [0.4, 0.5) is 0 Å². The van der Waals surface area contributed by atoms with Crippen molar-refractivity contribution in [2.75, 3.05) is 0 Å². The summed E-state index contributed by atoms with van der Waals surface area (Å²) in [6.07, 6.45) is 2.78. The molecule has 0 spiro atoms. The van der Waals surface area contributed by atoms with Gasteiger partial charge in [0.2, 0.25) is 0 Å². The molecular weight excluding hydrogens is 709 g/mol. The highest BCUT2D eigenvalue weighted by Crippen LogP contribution is 2.37. The third kappa shape index (κ3) is 6.50. The largest absolute Gasteiger partial charge is 0.458 e. The first-order valence-corrected chi connectivity index (χ1v) is 18.8. The predicted molar refractivity (Wildman–Crippen MR) is 236 cm³/mol. The Morgan fingerprint density at radius 3 is 2.12 bits per heavy atom. The van der Waals surface area contributed by atoms with Gasteiger partial charge in [-0.1, -0.05) is 148 Å². The minimum Gasteiger partial charge on any atom is -0.458 e. The normalized spacial score (nSPS) is 14.9. The van der Waals surface area contributed by atoms with Crippen LogP contribution in [0, 0.1) is 11.7 Å². The van der Waals surface area contributed by atoms with Crippen LogP contribution in [0.25, 0.3) is 72.3 Å². The highest BCUT2D eigenvalue weighted by Gasteiger charge is 2.20. The number of hydrogen-bond acceptors (Lipinski definition) is 2. The van der Waals surface area contributed by atoms with Crippen molar-refractivity contribution in [1.29, 1.82) is 0 Å². The van der Waals surface area contributed by atoms with Gasteiger partial charge in [0.1, 0.15) is 17.3 Å². The van der Waals surface area contributed by atoms with E-state index in [1.54, 1.807) is 39.0 Å². The Morgan fingerprint density at radius 2 is 1.33 bits per heavy atom. The lowest BCUT2D eigenvalue weighted by Crippen LogP contribution is -2.30. The van der Waals surface area contributed by atoms with Gasteiger partial charge in [0.15, 0.2) is 0 Å². The second kappa shape index (κ2) is 14.4. The molecule has 0 aliphatic carbocycles.